The molecule has 13 heavy (non-hydrogen) atoms. The minimum absolute atomic E-state index is 0.0666. The first-order chi connectivity index (χ1) is 6.18. The number of carbonyl (C=O) groups is 1. The quantitative estimate of drug-likeness (QED) is 0.593. The molecule has 0 unspecified atom stereocenters. The standard InChI is InChI=1S/C6H8N4O3/c7-3(11)1-10-6-4(5(8)9-10)12-2-13-6/h1-2H2,(H2,7,11)(H2,8,9). The Morgan fingerprint density at radius 3 is 3.08 bits per heavy atom. The van der Waals surface area contributed by atoms with Crippen LogP contribution in [0.25, 0.3) is 0 Å². The molecular weight excluding hydrogens is 176 g/mol. The summed E-state index contributed by atoms with van der Waals surface area (Å²) in [7, 11) is 0. The van der Waals surface area contributed by atoms with Crippen LogP contribution in [0.3, 0.4) is 0 Å². The summed E-state index contributed by atoms with van der Waals surface area (Å²) in [6.45, 7) is 0.0268. The fourth-order valence-corrected chi connectivity index (χ4v) is 1.12. The van der Waals surface area contributed by atoms with Crippen molar-refractivity contribution in [3.05, 3.63) is 0 Å². The maximum Gasteiger partial charge on any atom is 0.261 e. The first kappa shape index (κ1) is 7.71. The van der Waals surface area contributed by atoms with Gasteiger partial charge in [0.05, 0.1) is 0 Å². The molecule has 2 heterocycles. The molecule has 4 N–H and O–H groups in total. The highest BCUT2D eigenvalue weighted by Gasteiger charge is 2.24. The van der Waals surface area contributed by atoms with E-state index in [1.54, 1.807) is 0 Å². The molecule has 0 atom stereocenters. The Hall–Kier alpha value is -1.92. The summed E-state index contributed by atoms with van der Waals surface area (Å²) in [5.74, 6) is 0.423. The van der Waals surface area contributed by atoms with Crippen molar-refractivity contribution in [3.63, 3.8) is 0 Å². The molecule has 7 heteroatoms. The molecule has 70 valence electrons. The predicted octanol–water partition coefficient (Wildman–Crippen LogP) is -1.32. The molecule has 0 radical (unpaired) electrons. The van der Waals surface area contributed by atoms with Gasteiger partial charge in [-0.2, -0.15) is 0 Å². The summed E-state index contributed by atoms with van der Waals surface area (Å²) in [5.41, 5.74) is 10.5. The minimum Gasteiger partial charge on any atom is -0.448 e. The van der Waals surface area contributed by atoms with Gasteiger partial charge in [-0.3, -0.25) is 4.79 Å². The topological polar surface area (TPSA) is 105 Å². The summed E-state index contributed by atoms with van der Waals surface area (Å²) in [4.78, 5) is 10.6. The number of rotatable bonds is 2. The zero-order valence-corrected chi connectivity index (χ0v) is 6.69. The van der Waals surface area contributed by atoms with E-state index in [4.69, 9.17) is 20.9 Å². The van der Waals surface area contributed by atoms with E-state index in [2.05, 4.69) is 5.10 Å². The van der Waals surface area contributed by atoms with Crippen LogP contribution in [0.1, 0.15) is 0 Å². The van der Waals surface area contributed by atoms with Gasteiger partial charge in [0.15, 0.2) is 5.82 Å². The lowest BCUT2D eigenvalue weighted by molar-refractivity contribution is -0.118. The number of primary amides is 1. The second-order valence-corrected chi connectivity index (χ2v) is 2.55. The third kappa shape index (κ3) is 1.13. The van der Waals surface area contributed by atoms with Gasteiger partial charge < -0.3 is 20.9 Å². The molecule has 0 fully saturated rings. The molecule has 0 aromatic carbocycles. The minimum atomic E-state index is -0.513. The second kappa shape index (κ2) is 2.54. The van der Waals surface area contributed by atoms with Crippen LogP contribution in [0.2, 0.25) is 0 Å². The van der Waals surface area contributed by atoms with Crippen molar-refractivity contribution >= 4 is 11.7 Å². The van der Waals surface area contributed by atoms with Gasteiger partial charge in [-0.25, -0.2) is 4.68 Å². The first-order valence-corrected chi connectivity index (χ1v) is 3.58. The van der Waals surface area contributed by atoms with E-state index >= 15 is 0 Å². The number of amides is 1. The molecule has 2 rings (SSSR count). The zero-order chi connectivity index (χ0) is 9.42. The Labute approximate surface area is 73.2 Å². The van der Waals surface area contributed by atoms with Gasteiger partial charge >= 0.3 is 0 Å². The van der Waals surface area contributed by atoms with E-state index in [9.17, 15) is 4.79 Å². The lowest BCUT2D eigenvalue weighted by Crippen LogP contribution is -2.20. The molecule has 1 amide bonds. The van der Waals surface area contributed by atoms with E-state index in [0.29, 0.717) is 11.6 Å². The number of nitrogens with two attached hydrogens (primary N) is 2. The first-order valence-electron chi connectivity index (χ1n) is 3.58. The van der Waals surface area contributed by atoms with Crippen molar-refractivity contribution in [2.45, 2.75) is 6.54 Å². The van der Waals surface area contributed by atoms with Gasteiger partial charge in [0.25, 0.3) is 5.88 Å². The Morgan fingerprint density at radius 2 is 2.38 bits per heavy atom. The monoisotopic (exact) mass is 184 g/mol. The molecule has 1 aliphatic heterocycles. The Kier molecular flexibility index (Phi) is 1.51. The Morgan fingerprint density at radius 1 is 1.62 bits per heavy atom. The summed E-state index contributed by atoms with van der Waals surface area (Å²) >= 11 is 0. The van der Waals surface area contributed by atoms with Gasteiger partial charge in [0, 0.05) is 0 Å². The number of carbonyl (C=O) groups excluding carboxylic acids is 1. The Balaban J connectivity index is 2.36. The molecule has 0 saturated heterocycles. The summed E-state index contributed by atoms with van der Waals surface area (Å²) in [6, 6.07) is 0. The van der Waals surface area contributed by atoms with E-state index in [-0.39, 0.29) is 19.2 Å². The molecule has 1 aromatic heterocycles. The van der Waals surface area contributed by atoms with Gasteiger partial charge in [-0.15, -0.1) is 5.10 Å². The SMILES string of the molecule is NC(=O)Cn1nc(N)c2c1OCO2. The maximum absolute atomic E-state index is 10.6. The van der Waals surface area contributed by atoms with E-state index in [0.717, 1.165) is 0 Å². The van der Waals surface area contributed by atoms with Crippen molar-refractivity contribution < 1.29 is 14.3 Å². The van der Waals surface area contributed by atoms with Crippen LogP contribution in [-0.2, 0) is 11.3 Å². The lowest BCUT2D eigenvalue weighted by atomic mass is 10.5. The Bertz CT molecular complexity index is 359. The van der Waals surface area contributed by atoms with Gasteiger partial charge in [-0.05, 0) is 0 Å². The number of fused-ring (bicyclic) bond motifs is 1. The van der Waals surface area contributed by atoms with E-state index in [1.165, 1.54) is 4.68 Å². The highest BCUT2D eigenvalue weighted by atomic mass is 16.7. The summed E-state index contributed by atoms with van der Waals surface area (Å²) in [6.07, 6.45) is 0. The van der Waals surface area contributed by atoms with Crippen LogP contribution in [-0.4, -0.2) is 22.5 Å². The van der Waals surface area contributed by atoms with E-state index < -0.39 is 5.91 Å². The van der Waals surface area contributed by atoms with Crippen LogP contribution >= 0.6 is 0 Å². The maximum atomic E-state index is 10.6. The van der Waals surface area contributed by atoms with Crippen molar-refractivity contribution in [2.75, 3.05) is 12.5 Å². The number of aromatic nitrogens is 2. The number of hydrogen-bond donors (Lipinski definition) is 2. The molecule has 0 bridgehead atoms. The molecule has 1 aromatic rings. The lowest BCUT2D eigenvalue weighted by Gasteiger charge is -1.99. The van der Waals surface area contributed by atoms with Crippen molar-refractivity contribution in [1.29, 1.82) is 0 Å². The molecule has 7 nitrogen and oxygen atoms in total. The zero-order valence-electron chi connectivity index (χ0n) is 6.69. The van der Waals surface area contributed by atoms with Crippen LogP contribution in [0.15, 0.2) is 0 Å². The van der Waals surface area contributed by atoms with Crippen LogP contribution in [0, 0.1) is 0 Å². The molecule has 0 aliphatic carbocycles. The van der Waals surface area contributed by atoms with Gasteiger partial charge in [-0.1, -0.05) is 0 Å². The molecule has 0 saturated carbocycles. The second-order valence-electron chi connectivity index (χ2n) is 2.55. The summed E-state index contributed by atoms with van der Waals surface area (Å²) in [5, 5.41) is 3.82. The number of anilines is 1. The molecule has 0 spiro atoms. The highest BCUT2D eigenvalue weighted by molar-refractivity contribution is 5.74. The van der Waals surface area contributed by atoms with Crippen LogP contribution < -0.4 is 20.9 Å². The fourth-order valence-electron chi connectivity index (χ4n) is 1.12. The largest absolute Gasteiger partial charge is 0.448 e. The van der Waals surface area contributed by atoms with Gasteiger partial charge in [0.2, 0.25) is 18.4 Å². The predicted molar refractivity (Wildman–Crippen MR) is 42.0 cm³/mol. The van der Waals surface area contributed by atoms with Crippen LogP contribution in [0.4, 0.5) is 5.82 Å². The van der Waals surface area contributed by atoms with Crippen molar-refractivity contribution in [2.24, 2.45) is 5.73 Å². The fraction of sp³-hybridized carbons (Fsp3) is 0.333. The van der Waals surface area contributed by atoms with Crippen molar-refractivity contribution in [1.82, 2.24) is 9.78 Å². The van der Waals surface area contributed by atoms with Gasteiger partial charge in [0.1, 0.15) is 6.54 Å². The highest BCUT2D eigenvalue weighted by Crippen LogP contribution is 2.36. The number of nitrogens with zero attached hydrogens (tertiary/aromatic N) is 2. The third-order valence-electron chi connectivity index (χ3n) is 1.59. The molecular formula is C6H8N4O3. The average molecular weight is 184 g/mol. The smallest absolute Gasteiger partial charge is 0.261 e. The average Bonchev–Trinajstić information content (AvgIpc) is 2.56. The number of hydrogen-bond acceptors (Lipinski definition) is 5. The van der Waals surface area contributed by atoms with Crippen LogP contribution in [0.5, 0.6) is 11.6 Å². The normalized spacial score (nSPS) is 13.2. The summed E-state index contributed by atoms with van der Waals surface area (Å²) < 4.78 is 11.3. The molecule has 1 aliphatic rings. The van der Waals surface area contributed by atoms with Crippen molar-refractivity contribution in [3.8, 4) is 11.6 Å². The number of ether oxygens (including phenoxy) is 2. The third-order valence-corrected chi connectivity index (χ3v) is 1.59. The van der Waals surface area contributed by atoms with E-state index in [1.807, 2.05) is 0 Å². The number of nitrogen functional groups attached to an aromatic ring is 1.